The van der Waals surface area contributed by atoms with Crippen LogP contribution in [-0.4, -0.2) is 15.8 Å². The second-order valence-electron chi connectivity index (χ2n) is 1.95. The molecule has 3 heteroatoms. The molecule has 1 rings (SSSR count). The minimum Gasteiger partial charge on any atom is -0.327 e. The summed E-state index contributed by atoms with van der Waals surface area (Å²) >= 11 is 1.67. The van der Waals surface area contributed by atoms with Crippen molar-refractivity contribution in [2.24, 2.45) is 7.05 Å². The number of aryl methyl sites for hydroxylation is 1. The lowest BCUT2D eigenvalue weighted by Gasteiger charge is -1.96. The lowest BCUT2D eigenvalue weighted by Crippen LogP contribution is -1.91. The van der Waals surface area contributed by atoms with Gasteiger partial charge in [-0.1, -0.05) is 25.6 Å². The van der Waals surface area contributed by atoms with Crippen LogP contribution < -0.4 is 0 Å². The molecule has 0 aliphatic carbocycles. The van der Waals surface area contributed by atoms with E-state index < -0.39 is 0 Å². The van der Waals surface area contributed by atoms with Crippen molar-refractivity contribution in [3.05, 3.63) is 11.9 Å². The molecule has 0 saturated heterocycles. The summed E-state index contributed by atoms with van der Waals surface area (Å²) in [5.41, 5.74) is 1.21. The number of aromatic nitrogens is 2. The number of hydrogen-bond donors (Lipinski definition) is 0. The molecule has 0 atom stereocenters. The molecule has 0 aliphatic heterocycles. The lowest BCUT2D eigenvalue weighted by atomic mass is 10.5. The highest BCUT2D eigenvalue weighted by molar-refractivity contribution is 7.98. The number of rotatable bonds is 1. The van der Waals surface area contributed by atoms with Gasteiger partial charge in [0, 0.05) is 18.9 Å². The minimum atomic E-state index is 1.08. The summed E-state index contributed by atoms with van der Waals surface area (Å²) in [6.45, 7) is 6.05. The van der Waals surface area contributed by atoms with Gasteiger partial charge in [-0.3, -0.25) is 0 Å². The first-order valence-electron chi connectivity index (χ1n) is 3.78. The Hall–Kier alpha value is -0.440. The van der Waals surface area contributed by atoms with Gasteiger partial charge in [0.2, 0.25) is 0 Å². The fourth-order valence-corrected chi connectivity index (χ4v) is 1.24. The quantitative estimate of drug-likeness (QED) is 0.606. The van der Waals surface area contributed by atoms with Gasteiger partial charge in [-0.25, -0.2) is 4.98 Å². The van der Waals surface area contributed by atoms with E-state index in [4.69, 9.17) is 0 Å². The van der Waals surface area contributed by atoms with Crippen LogP contribution in [0.5, 0.6) is 0 Å². The fraction of sp³-hybridized carbons (Fsp3) is 0.625. The number of imidazole rings is 1. The number of nitrogens with zero attached hydrogens (tertiary/aromatic N) is 2. The van der Waals surface area contributed by atoms with Crippen LogP contribution in [0, 0.1) is 6.92 Å². The molecule has 0 N–H and O–H groups in total. The normalized spacial score (nSPS) is 8.82. The molecular weight excluding hydrogens is 156 g/mol. The molecular formula is C8H16N2S. The molecule has 0 saturated carbocycles. The molecule has 0 bridgehead atoms. The van der Waals surface area contributed by atoms with Gasteiger partial charge in [-0.15, -0.1) is 0 Å². The van der Waals surface area contributed by atoms with Crippen molar-refractivity contribution in [2.75, 3.05) is 6.26 Å². The Bertz CT molecular complexity index is 206. The third-order valence-corrected chi connectivity index (χ3v) is 2.10. The first-order chi connectivity index (χ1) is 5.25. The Morgan fingerprint density at radius 3 is 2.18 bits per heavy atom. The Kier molecular flexibility index (Phi) is 5.03. The summed E-state index contributed by atoms with van der Waals surface area (Å²) in [4.78, 5) is 4.16. The van der Waals surface area contributed by atoms with Crippen molar-refractivity contribution in [3.63, 3.8) is 0 Å². The average molecular weight is 172 g/mol. The van der Waals surface area contributed by atoms with Crippen LogP contribution >= 0.6 is 11.8 Å². The molecule has 0 aromatic carbocycles. The van der Waals surface area contributed by atoms with Gasteiger partial charge in [0.15, 0.2) is 5.16 Å². The summed E-state index contributed by atoms with van der Waals surface area (Å²) < 4.78 is 2.07. The van der Waals surface area contributed by atoms with Crippen LogP contribution in [0.15, 0.2) is 11.4 Å². The SMILES string of the molecule is CC.CSc1ncc(C)n1C. The second-order valence-corrected chi connectivity index (χ2v) is 2.72. The van der Waals surface area contributed by atoms with Crippen molar-refractivity contribution in [3.8, 4) is 0 Å². The van der Waals surface area contributed by atoms with Gasteiger partial charge in [0.05, 0.1) is 0 Å². The van der Waals surface area contributed by atoms with Crippen molar-refractivity contribution >= 4 is 11.8 Å². The number of hydrogen-bond acceptors (Lipinski definition) is 2. The maximum absolute atomic E-state index is 4.16. The van der Waals surface area contributed by atoms with Gasteiger partial charge < -0.3 is 4.57 Å². The molecule has 0 aliphatic rings. The van der Waals surface area contributed by atoms with Crippen LogP contribution in [-0.2, 0) is 7.05 Å². The molecule has 1 aromatic rings. The van der Waals surface area contributed by atoms with Gasteiger partial charge in [-0.2, -0.15) is 0 Å². The number of thioether (sulfide) groups is 1. The highest BCUT2D eigenvalue weighted by Gasteiger charge is 1.97. The maximum atomic E-state index is 4.16. The highest BCUT2D eigenvalue weighted by atomic mass is 32.2. The standard InChI is InChI=1S/C6H10N2S.C2H6/c1-5-4-7-6(9-3)8(5)2;1-2/h4H,1-3H3;1-2H3. The summed E-state index contributed by atoms with van der Waals surface area (Å²) in [5.74, 6) is 0. The third kappa shape index (κ3) is 2.58. The largest absolute Gasteiger partial charge is 0.327 e. The minimum absolute atomic E-state index is 1.08. The Balaban J connectivity index is 0.000000461. The summed E-state index contributed by atoms with van der Waals surface area (Å²) in [5, 5.41) is 1.08. The van der Waals surface area contributed by atoms with Crippen LogP contribution in [0.4, 0.5) is 0 Å². The predicted octanol–water partition coefficient (Wildman–Crippen LogP) is 2.48. The Labute approximate surface area is 73.0 Å². The molecule has 1 heterocycles. The Morgan fingerprint density at radius 2 is 2.00 bits per heavy atom. The summed E-state index contributed by atoms with van der Waals surface area (Å²) in [6, 6.07) is 0. The monoisotopic (exact) mass is 172 g/mol. The summed E-state index contributed by atoms with van der Waals surface area (Å²) in [7, 11) is 2.02. The molecule has 0 fully saturated rings. The lowest BCUT2D eigenvalue weighted by molar-refractivity contribution is 0.767. The van der Waals surface area contributed by atoms with E-state index in [9.17, 15) is 0 Å². The van der Waals surface area contributed by atoms with Crippen molar-refractivity contribution in [1.82, 2.24) is 9.55 Å². The predicted molar refractivity (Wildman–Crippen MR) is 51.1 cm³/mol. The van der Waals surface area contributed by atoms with E-state index in [0.29, 0.717) is 0 Å². The highest BCUT2D eigenvalue weighted by Crippen LogP contribution is 2.11. The average Bonchev–Trinajstić information content (AvgIpc) is 2.37. The third-order valence-electron chi connectivity index (χ3n) is 1.36. The van der Waals surface area contributed by atoms with Gasteiger partial charge in [0.25, 0.3) is 0 Å². The summed E-state index contributed by atoms with van der Waals surface area (Å²) in [6.07, 6.45) is 3.91. The molecule has 0 radical (unpaired) electrons. The van der Waals surface area contributed by atoms with Gasteiger partial charge >= 0.3 is 0 Å². The zero-order chi connectivity index (χ0) is 8.85. The van der Waals surface area contributed by atoms with E-state index in [2.05, 4.69) is 9.55 Å². The maximum Gasteiger partial charge on any atom is 0.167 e. The zero-order valence-corrected chi connectivity index (χ0v) is 8.70. The molecule has 0 unspecified atom stereocenters. The van der Waals surface area contributed by atoms with E-state index in [1.807, 2.05) is 40.3 Å². The van der Waals surface area contributed by atoms with Crippen molar-refractivity contribution < 1.29 is 0 Å². The van der Waals surface area contributed by atoms with Crippen LogP contribution in [0.25, 0.3) is 0 Å². The second kappa shape index (κ2) is 5.24. The fourth-order valence-electron chi connectivity index (χ4n) is 0.662. The molecule has 64 valence electrons. The molecule has 1 aromatic heterocycles. The van der Waals surface area contributed by atoms with Crippen LogP contribution in [0.1, 0.15) is 19.5 Å². The first kappa shape index (κ1) is 10.6. The molecule has 11 heavy (non-hydrogen) atoms. The smallest absolute Gasteiger partial charge is 0.167 e. The van der Waals surface area contributed by atoms with E-state index in [1.165, 1.54) is 5.69 Å². The molecule has 0 amide bonds. The van der Waals surface area contributed by atoms with Crippen molar-refractivity contribution in [1.29, 1.82) is 0 Å². The van der Waals surface area contributed by atoms with Gasteiger partial charge in [0.1, 0.15) is 0 Å². The van der Waals surface area contributed by atoms with Gasteiger partial charge in [-0.05, 0) is 13.2 Å². The molecule has 2 nitrogen and oxygen atoms in total. The first-order valence-corrected chi connectivity index (χ1v) is 5.00. The Morgan fingerprint density at radius 1 is 1.45 bits per heavy atom. The van der Waals surface area contributed by atoms with Crippen molar-refractivity contribution in [2.45, 2.75) is 25.9 Å². The van der Waals surface area contributed by atoms with E-state index in [0.717, 1.165) is 5.16 Å². The topological polar surface area (TPSA) is 17.8 Å². The van der Waals surface area contributed by atoms with E-state index >= 15 is 0 Å². The van der Waals surface area contributed by atoms with Crippen LogP contribution in [0.3, 0.4) is 0 Å². The van der Waals surface area contributed by atoms with E-state index in [1.54, 1.807) is 11.8 Å². The van der Waals surface area contributed by atoms with Crippen LogP contribution in [0.2, 0.25) is 0 Å². The van der Waals surface area contributed by atoms with E-state index in [-0.39, 0.29) is 0 Å². The molecule has 0 spiro atoms. The zero-order valence-electron chi connectivity index (χ0n) is 7.88.